The molecular formula is C25H21N3O2. The molecule has 30 heavy (non-hydrogen) atoms. The number of pyridine rings is 1. The monoisotopic (exact) mass is 395 g/mol. The smallest absolute Gasteiger partial charge is 0.257 e. The van der Waals surface area contributed by atoms with Gasteiger partial charge in [-0.2, -0.15) is 0 Å². The van der Waals surface area contributed by atoms with E-state index in [0.717, 1.165) is 22.7 Å². The molecule has 1 N–H and O–H groups in total. The van der Waals surface area contributed by atoms with E-state index in [1.807, 2.05) is 74.5 Å². The highest BCUT2D eigenvalue weighted by Crippen LogP contribution is 2.19. The third-order valence-electron chi connectivity index (χ3n) is 4.83. The average molecular weight is 395 g/mol. The summed E-state index contributed by atoms with van der Waals surface area (Å²) < 4.78 is 7.51. The Morgan fingerprint density at radius 3 is 2.73 bits per heavy atom. The van der Waals surface area contributed by atoms with E-state index in [4.69, 9.17) is 4.42 Å². The van der Waals surface area contributed by atoms with E-state index in [1.165, 1.54) is 0 Å². The molecule has 0 bridgehead atoms. The minimum atomic E-state index is -0.149. The molecule has 0 aliphatic heterocycles. The number of rotatable bonds is 4. The van der Waals surface area contributed by atoms with E-state index >= 15 is 0 Å². The Kier molecular flexibility index (Phi) is 5.49. The molecule has 4 aromatic rings. The van der Waals surface area contributed by atoms with E-state index in [1.54, 1.807) is 12.5 Å². The van der Waals surface area contributed by atoms with Gasteiger partial charge in [-0.3, -0.25) is 4.79 Å². The second-order valence-electron chi connectivity index (χ2n) is 6.95. The number of hydrogen-bond donors (Lipinski definition) is 1. The van der Waals surface area contributed by atoms with Gasteiger partial charge in [-0.25, -0.2) is 4.98 Å². The number of anilines is 1. The van der Waals surface area contributed by atoms with Crippen molar-refractivity contribution in [3.05, 3.63) is 107 Å². The van der Waals surface area contributed by atoms with Crippen LogP contribution in [0.2, 0.25) is 0 Å². The highest BCUT2D eigenvalue weighted by molar-refractivity contribution is 6.05. The van der Waals surface area contributed by atoms with E-state index in [-0.39, 0.29) is 5.91 Å². The van der Waals surface area contributed by atoms with Crippen molar-refractivity contribution in [3.8, 4) is 11.8 Å². The number of nitrogens with one attached hydrogen (secondary N) is 1. The topological polar surface area (TPSA) is 60.1 Å². The van der Waals surface area contributed by atoms with Crippen LogP contribution in [0.15, 0.2) is 77.5 Å². The molecule has 0 atom stereocenters. The van der Waals surface area contributed by atoms with Crippen LogP contribution in [0.4, 0.5) is 5.69 Å². The fraction of sp³-hybridized carbons (Fsp3) is 0.120. The lowest BCUT2D eigenvalue weighted by Crippen LogP contribution is -2.13. The van der Waals surface area contributed by atoms with Gasteiger partial charge >= 0.3 is 0 Å². The van der Waals surface area contributed by atoms with Gasteiger partial charge in [-0.15, -0.1) is 0 Å². The number of nitrogens with zero attached hydrogens (tertiary/aromatic N) is 2. The summed E-state index contributed by atoms with van der Waals surface area (Å²) in [5, 5.41) is 2.98. The van der Waals surface area contributed by atoms with Gasteiger partial charge in [0.05, 0.1) is 18.4 Å². The van der Waals surface area contributed by atoms with Crippen molar-refractivity contribution in [2.75, 3.05) is 5.32 Å². The molecule has 1 aromatic carbocycles. The number of amides is 1. The molecule has 0 fully saturated rings. The maximum atomic E-state index is 12.9. The van der Waals surface area contributed by atoms with Crippen LogP contribution in [0.3, 0.4) is 0 Å². The number of aromatic nitrogens is 2. The van der Waals surface area contributed by atoms with Crippen molar-refractivity contribution in [2.45, 2.75) is 20.4 Å². The van der Waals surface area contributed by atoms with Gasteiger partial charge in [0.1, 0.15) is 11.5 Å². The molecule has 0 aliphatic rings. The standard InChI is InChI=1S/C25H21N3O2/c1-18-15-24(19(2)28(18)17-23-10-6-14-30-23)25(29)27-22-9-5-7-20(16-22)11-12-21-8-3-4-13-26-21/h3-10,13-16H,17H2,1-2H3,(H,27,29). The van der Waals surface area contributed by atoms with Crippen molar-refractivity contribution >= 4 is 11.6 Å². The second kappa shape index (κ2) is 8.54. The van der Waals surface area contributed by atoms with Crippen LogP contribution in [0.25, 0.3) is 0 Å². The lowest BCUT2D eigenvalue weighted by Gasteiger charge is -2.09. The first-order chi connectivity index (χ1) is 14.6. The normalized spacial score (nSPS) is 10.3. The Bertz CT molecular complexity index is 1230. The molecule has 1 amide bonds. The first-order valence-electron chi connectivity index (χ1n) is 9.64. The van der Waals surface area contributed by atoms with Crippen molar-refractivity contribution in [2.24, 2.45) is 0 Å². The summed E-state index contributed by atoms with van der Waals surface area (Å²) in [6, 6.07) is 18.8. The van der Waals surface area contributed by atoms with E-state index in [9.17, 15) is 4.79 Å². The van der Waals surface area contributed by atoms with Gasteiger partial charge in [0, 0.05) is 28.8 Å². The largest absolute Gasteiger partial charge is 0.467 e. The zero-order valence-corrected chi connectivity index (χ0v) is 16.8. The first-order valence-corrected chi connectivity index (χ1v) is 9.64. The van der Waals surface area contributed by atoms with Gasteiger partial charge < -0.3 is 14.3 Å². The maximum Gasteiger partial charge on any atom is 0.257 e. The fourth-order valence-corrected chi connectivity index (χ4v) is 3.28. The van der Waals surface area contributed by atoms with Gasteiger partial charge in [0.15, 0.2) is 0 Å². The third kappa shape index (κ3) is 4.34. The molecule has 0 aliphatic carbocycles. The molecule has 3 heterocycles. The minimum Gasteiger partial charge on any atom is -0.467 e. The molecule has 5 nitrogen and oxygen atoms in total. The zero-order valence-electron chi connectivity index (χ0n) is 16.8. The summed E-state index contributed by atoms with van der Waals surface area (Å²) in [6.45, 7) is 4.52. The number of hydrogen-bond acceptors (Lipinski definition) is 3. The summed E-state index contributed by atoms with van der Waals surface area (Å²) >= 11 is 0. The van der Waals surface area contributed by atoms with Crippen LogP contribution >= 0.6 is 0 Å². The van der Waals surface area contributed by atoms with Crippen LogP contribution < -0.4 is 5.32 Å². The minimum absolute atomic E-state index is 0.149. The van der Waals surface area contributed by atoms with Crippen LogP contribution in [-0.2, 0) is 6.54 Å². The molecule has 0 spiro atoms. The molecule has 148 valence electrons. The number of carbonyl (C=O) groups excluding carboxylic acids is 1. The highest BCUT2D eigenvalue weighted by Gasteiger charge is 2.16. The Morgan fingerprint density at radius 2 is 1.97 bits per heavy atom. The maximum absolute atomic E-state index is 12.9. The Morgan fingerprint density at radius 1 is 1.07 bits per heavy atom. The van der Waals surface area contributed by atoms with Crippen LogP contribution in [0.5, 0.6) is 0 Å². The molecule has 3 aromatic heterocycles. The number of aryl methyl sites for hydroxylation is 1. The molecule has 5 heteroatoms. The first kappa shape index (κ1) is 19.3. The summed E-state index contributed by atoms with van der Waals surface area (Å²) in [4.78, 5) is 17.1. The van der Waals surface area contributed by atoms with Crippen molar-refractivity contribution in [3.63, 3.8) is 0 Å². The van der Waals surface area contributed by atoms with E-state index < -0.39 is 0 Å². The summed E-state index contributed by atoms with van der Waals surface area (Å²) in [7, 11) is 0. The van der Waals surface area contributed by atoms with E-state index in [0.29, 0.717) is 23.5 Å². The molecule has 0 radical (unpaired) electrons. The predicted octanol–water partition coefficient (Wildman–Crippen LogP) is 4.79. The molecule has 4 rings (SSSR count). The number of benzene rings is 1. The van der Waals surface area contributed by atoms with Gasteiger partial charge in [-0.05, 0) is 68.3 Å². The van der Waals surface area contributed by atoms with Crippen molar-refractivity contribution < 1.29 is 9.21 Å². The van der Waals surface area contributed by atoms with Crippen molar-refractivity contribution in [1.29, 1.82) is 0 Å². The van der Waals surface area contributed by atoms with Crippen LogP contribution in [0.1, 0.15) is 38.8 Å². The molecular weight excluding hydrogens is 374 g/mol. The quantitative estimate of drug-likeness (QED) is 0.505. The zero-order chi connectivity index (χ0) is 20.9. The SMILES string of the molecule is Cc1cc(C(=O)Nc2cccc(C#Cc3ccccn3)c2)c(C)n1Cc1ccco1. The Balaban J connectivity index is 1.51. The highest BCUT2D eigenvalue weighted by atomic mass is 16.3. The third-order valence-corrected chi connectivity index (χ3v) is 4.83. The van der Waals surface area contributed by atoms with Gasteiger partial charge in [-0.1, -0.05) is 18.1 Å². The lowest BCUT2D eigenvalue weighted by atomic mass is 10.1. The molecule has 0 saturated carbocycles. The van der Waals surface area contributed by atoms with Crippen molar-refractivity contribution in [1.82, 2.24) is 9.55 Å². The predicted molar refractivity (Wildman–Crippen MR) is 116 cm³/mol. The molecule has 0 saturated heterocycles. The average Bonchev–Trinajstić information content (AvgIpc) is 3.37. The number of furan rings is 1. The van der Waals surface area contributed by atoms with Crippen LogP contribution in [0, 0.1) is 25.7 Å². The summed E-state index contributed by atoms with van der Waals surface area (Å²) in [5.41, 5.74) is 4.75. The Hall–Kier alpha value is -4.04. The molecule has 0 unspecified atom stereocenters. The van der Waals surface area contributed by atoms with Gasteiger partial charge in [0.25, 0.3) is 5.91 Å². The Labute approximate surface area is 175 Å². The summed E-state index contributed by atoms with van der Waals surface area (Å²) in [5.74, 6) is 6.81. The van der Waals surface area contributed by atoms with E-state index in [2.05, 4.69) is 26.7 Å². The number of carbonyl (C=O) groups is 1. The van der Waals surface area contributed by atoms with Crippen LogP contribution in [-0.4, -0.2) is 15.5 Å². The van der Waals surface area contributed by atoms with Gasteiger partial charge in [0.2, 0.25) is 0 Å². The lowest BCUT2D eigenvalue weighted by molar-refractivity contribution is 0.102. The summed E-state index contributed by atoms with van der Waals surface area (Å²) in [6.07, 6.45) is 3.36. The fourth-order valence-electron chi connectivity index (χ4n) is 3.28. The second-order valence-corrected chi connectivity index (χ2v) is 6.95.